The smallest absolute Gasteiger partial charge is 0.410 e. The number of halogens is 2. The highest BCUT2D eigenvalue weighted by molar-refractivity contribution is 6.33. The zero-order chi connectivity index (χ0) is 47.6. The third-order valence-electron chi connectivity index (χ3n) is 14.9. The van der Waals surface area contributed by atoms with E-state index in [0.717, 1.165) is 98.1 Å². The maximum absolute atomic E-state index is 15.0. The molecule has 0 bridgehead atoms. The molecular formula is C53H59ClFN9O5. The van der Waals surface area contributed by atoms with Gasteiger partial charge in [0.1, 0.15) is 18.5 Å². The fourth-order valence-corrected chi connectivity index (χ4v) is 11.0. The number of amides is 4. The van der Waals surface area contributed by atoms with Crippen molar-refractivity contribution in [1.82, 2.24) is 39.8 Å². The molecule has 0 radical (unpaired) electrons. The Morgan fingerprint density at radius 3 is 2.39 bits per heavy atom. The summed E-state index contributed by atoms with van der Waals surface area (Å²) in [4.78, 5) is 67.0. The van der Waals surface area contributed by atoms with Gasteiger partial charge in [-0.1, -0.05) is 66.2 Å². The van der Waals surface area contributed by atoms with E-state index in [4.69, 9.17) is 21.3 Å². The van der Waals surface area contributed by atoms with Gasteiger partial charge >= 0.3 is 6.09 Å². The molecule has 16 heteroatoms. The number of aryl methyl sites for hydroxylation is 1. The molecule has 5 heterocycles. The fourth-order valence-electron chi connectivity index (χ4n) is 10.8. The Labute approximate surface area is 407 Å². The minimum absolute atomic E-state index is 0.0220. The van der Waals surface area contributed by atoms with Crippen LogP contribution in [0.25, 0.3) is 11.3 Å². The van der Waals surface area contributed by atoms with Gasteiger partial charge in [0, 0.05) is 62.0 Å². The molecule has 10 rings (SSSR count). The van der Waals surface area contributed by atoms with Crippen LogP contribution in [0.2, 0.25) is 5.02 Å². The summed E-state index contributed by atoms with van der Waals surface area (Å²) in [6.07, 6.45) is 12.7. The highest BCUT2D eigenvalue weighted by atomic mass is 35.5. The molecule has 0 spiro atoms. The number of hydrogen-bond donors (Lipinski definition) is 2. The van der Waals surface area contributed by atoms with Gasteiger partial charge in [-0.2, -0.15) is 5.10 Å². The molecule has 69 heavy (non-hydrogen) atoms. The standard InChI is InChI=1S/C53H59ClFN9O5/c1-61-47(25-34-9-10-34)43(28-57-61)49-45(54)29-56-52(60-49)58-39-13-15-40(16-14-39)63(53(68)69-32-36-5-3-2-4-6-36)24-19-33-7-11-35(12-8-33)30-62-22-20-37(21-23-62)41-26-38(55)27-42-44(41)31-64(51(42)67)46-17-18-48(65)59-50(46)66/h2-8,11-12,26-29,34,37,39-40,46H,9-10,13-25,30-32H2,1H3,(H,56,58,60)(H,59,65,66). The van der Waals surface area contributed by atoms with Gasteiger partial charge in [0.15, 0.2) is 0 Å². The second-order valence-electron chi connectivity index (χ2n) is 19.6. The minimum atomic E-state index is -0.739. The first-order valence-electron chi connectivity index (χ1n) is 24.6. The largest absolute Gasteiger partial charge is 0.445 e. The van der Waals surface area contributed by atoms with Gasteiger partial charge in [-0.05, 0) is 136 Å². The van der Waals surface area contributed by atoms with E-state index in [1.54, 1.807) is 12.3 Å². The van der Waals surface area contributed by atoms with Crippen LogP contribution < -0.4 is 10.6 Å². The predicted octanol–water partition coefficient (Wildman–Crippen LogP) is 8.37. The second-order valence-corrected chi connectivity index (χ2v) is 20.0. The number of hydrogen-bond acceptors (Lipinski definition) is 10. The maximum Gasteiger partial charge on any atom is 0.410 e. The third-order valence-corrected chi connectivity index (χ3v) is 15.2. The lowest BCUT2D eigenvalue weighted by atomic mass is 9.85. The van der Waals surface area contributed by atoms with Crippen molar-refractivity contribution in [1.29, 1.82) is 0 Å². The Balaban J connectivity index is 0.737. The number of piperidine rings is 2. The van der Waals surface area contributed by atoms with Crippen molar-refractivity contribution in [3.63, 3.8) is 0 Å². The molecule has 4 fully saturated rings. The van der Waals surface area contributed by atoms with E-state index in [-0.39, 0.29) is 61.9 Å². The highest BCUT2D eigenvalue weighted by Gasteiger charge is 2.41. The highest BCUT2D eigenvalue weighted by Crippen LogP contribution is 2.39. The number of anilines is 1. The van der Waals surface area contributed by atoms with Crippen LogP contribution in [-0.2, 0) is 53.9 Å². The van der Waals surface area contributed by atoms with Crippen LogP contribution in [0.5, 0.6) is 0 Å². The van der Waals surface area contributed by atoms with E-state index in [0.29, 0.717) is 41.1 Å². The van der Waals surface area contributed by atoms with E-state index in [1.165, 1.54) is 29.4 Å². The number of carbonyl (C=O) groups excluding carboxylic acids is 4. The molecule has 2 aliphatic carbocycles. The van der Waals surface area contributed by atoms with E-state index in [9.17, 15) is 19.2 Å². The topological polar surface area (TPSA) is 155 Å². The van der Waals surface area contributed by atoms with Gasteiger partial charge in [-0.15, -0.1) is 0 Å². The first-order valence-corrected chi connectivity index (χ1v) is 25.0. The van der Waals surface area contributed by atoms with E-state index < -0.39 is 17.8 Å². The molecule has 1 unspecified atom stereocenters. The molecule has 14 nitrogen and oxygen atoms in total. The lowest BCUT2D eigenvalue weighted by Crippen LogP contribution is -2.52. The number of aromatic nitrogens is 4. The predicted molar refractivity (Wildman–Crippen MR) is 259 cm³/mol. The zero-order valence-corrected chi connectivity index (χ0v) is 39.8. The molecule has 2 aromatic heterocycles. The van der Waals surface area contributed by atoms with Gasteiger partial charge in [0.2, 0.25) is 17.8 Å². The van der Waals surface area contributed by atoms with Crippen molar-refractivity contribution in [2.45, 2.75) is 121 Å². The molecule has 2 saturated carbocycles. The molecule has 2 N–H and O–H groups in total. The lowest BCUT2D eigenvalue weighted by Gasteiger charge is -2.36. The van der Waals surface area contributed by atoms with Gasteiger partial charge in [-0.3, -0.25) is 29.3 Å². The van der Waals surface area contributed by atoms with E-state index >= 15 is 4.39 Å². The van der Waals surface area contributed by atoms with Crippen LogP contribution in [-0.4, -0.2) is 96.0 Å². The number of nitrogens with one attached hydrogen (secondary N) is 2. The summed E-state index contributed by atoms with van der Waals surface area (Å²) >= 11 is 6.67. The van der Waals surface area contributed by atoms with Gasteiger partial charge in [0.25, 0.3) is 5.91 Å². The fraction of sp³-hybridized carbons (Fsp3) is 0.453. The molecule has 1 atom stereocenters. The van der Waals surface area contributed by atoms with Crippen molar-refractivity contribution < 1.29 is 28.3 Å². The lowest BCUT2D eigenvalue weighted by molar-refractivity contribution is -0.136. The summed E-state index contributed by atoms with van der Waals surface area (Å²) in [5.41, 5.74) is 8.03. The summed E-state index contributed by atoms with van der Waals surface area (Å²) in [6.45, 7) is 3.40. The molecule has 2 saturated heterocycles. The first-order chi connectivity index (χ1) is 33.5. The Morgan fingerprint density at radius 2 is 1.65 bits per heavy atom. The maximum atomic E-state index is 15.0. The average Bonchev–Trinajstić information content (AvgIpc) is 4.03. The number of benzene rings is 3. The third kappa shape index (κ3) is 10.7. The van der Waals surface area contributed by atoms with Crippen molar-refractivity contribution in [3.05, 3.63) is 129 Å². The molecule has 3 aromatic carbocycles. The summed E-state index contributed by atoms with van der Waals surface area (Å²) in [6, 6.07) is 20.7. The Hall–Kier alpha value is -6.19. The molecule has 360 valence electrons. The number of ether oxygens (including phenoxy) is 1. The molecular weight excluding hydrogens is 897 g/mol. The number of nitrogens with zero attached hydrogens (tertiary/aromatic N) is 7. The number of carbonyl (C=O) groups is 4. The quantitative estimate of drug-likeness (QED) is 0.0979. The zero-order valence-electron chi connectivity index (χ0n) is 39.0. The molecule has 5 aliphatic rings. The monoisotopic (exact) mass is 955 g/mol. The van der Waals surface area contributed by atoms with E-state index in [1.807, 2.05) is 53.2 Å². The Bertz CT molecular complexity index is 2700. The minimum Gasteiger partial charge on any atom is -0.445 e. The molecule has 4 amide bonds. The van der Waals surface area contributed by atoms with Crippen molar-refractivity contribution in [2.75, 3.05) is 25.0 Å². The van der Waals surface area contributed by atoms with Gasteiger partial charge in [-0.25, -0.2) is 19.2 Å². The summed E-state index contributed by atoms with van der Waals surface area (Å²) in [5, 5.41) is 10.9. The van der Waals surface area contributed by atoms with Crippen molar-refractivity contribution in [3.8, 4) is 11.3 Å². The molecule has 5 aromatic rings. The SMILES string of the molecule is Cn1ncc(-c2nc(NC3CCC(N(CCc4ccc(CN5CCC(c6cc(F)cc7c6CN(C6CCC(=O)NC6=O)C7=O)CC5)cc4)C(=O)OCc4ccccc4)CC3)ncc2Cl)c1CC1CC1. The summed E-state index contributed by atoms with van der Waals surface area (Å²) in [7, 11) is 1.97. The van der Waals surface area contributed by atoms with Crippen LogP contribution in [0, 0.1) is 11.7 Å². The number of imide groups is 1. The molecule has 3 aliphatic heterocycles. The number of likely N-dealkylation sites (tertiary alicyclic amines) is 1. The Kier molecular flexibility index (Phi) is 13.8. The van der Waals surface area contributed by atoms with Crippen LogP contribution >= 0.6 is 11.6 Å². The first kappa shape index (κ1) is 46.5. The summed E-state index contributed by atoms with van der Waals surface area (Å²) < 4.78 is 22.9. The van der Waals surface area contributed by atoms with Gasteiger partial charge < -0.3 is 19.9 Å². The van der Waals surface area contributed by atoms with Gasteiger partial charge in [0.05, 0.1) is 23.1 Å². The number of fused-ring (bicyclic) bond motifs is 1. The van der Waals surface area contributed by atoms with Crippen LogP contribution in [0.15, 0.2) is 79.1 Å². The van der Waals surface area contributed by atoms with Crippen LogP contribution in [0.1, 0.15) is 114 Å². The van der Waals surface area contributed by atoms with Crippen molar-refractivity contribution in [2.24, 2.45) is 13.0 Å². The summed E-state index contributed by atoms with van der Waals surface area (Å²) in [5.74, 6) is -0.295. The van der Waals surface area contributed by atoms with Crippen molar-refractivity contribution >= 4 is 41.4 Å². The Morgan fingerprint density at radius 1 is 0.899 bits per heavy atom. The van der Waals surface area contributed by atoms with Crippen LogP contribution in [0.3, 0.4) is 0 Å². The van der Waals surface area contributed by atoms with E-state index in [2.05, 4.69) is 49.9 Å². The normalized spacial score (nSPS) is 21.0. The number of rotatable bonds is 15. The average molecular weight is 957 g/mol. The van der Waals surface area contributed by atoms with Crippen LogP contribution in [0.4, 0.5) is 15.1 Å². The second kappa shape index (κ2) is 20.4.